The summed E-state index contributed by atoms with van der Waals surface area (Å²) in [4.78, 5) is 15.1. The number of aliphatic imine (C=N–C) groups is 1. The lowest BCUT2D eigenvalue weighted by Crippen LogP contribution is -2.16. The highest BCUT2D eigenvalue weighted by Crippen LogP contribution is 2.25. The number of hydrogen-bond donors (Lipinski definition) is 0. The van der Waals surface area contributed by atoms with E-state index in [1.165, 1.54) is 12.0 Å². The Morgan fingerprint density at radius 3 is 2.92 bits per heavy atom. The third kappa shape index (κ3) is 1.13. The molecular weight excluding hydrogens is 150 g/mol. The fourth-order valence-corrected chi connectivity index (χ4v) is 1.66. The van der Waals surface area contributed by atoms with E-state index in [2.05, 4.69) is 11.6 Å². The van der Waals surface area contributed by atoms with Crippen LogP contribution >= 0.6 is 0 Å². The van der Waals surface area contributed by atoms with E-state index >= 15 is 0 Å². The maximum atomic E-state index is 11.1. The second-order valence-corrected chi connectivity index (χ2v) is 3.27. The molecule has 0 unspecified atom stereocenters. The molecule has 1 saturated carbocycles. The predicted molar refractivity (Wildman–Crippen MR) is 48.1 cm³/mol. The summed E-state index contributed by atoms with van der Waals surface area (Å²) >= 11 is 0. The Hall–Kier alpha value is -1.18. The fraction of sp³-hybridized carbons (Fsp3) is 0.400. The highest BCUT2D eigenvalue weighted by atomic mass is 16.1. The maximum Gasteiger partial charge on any atom is 0.276 e. The minimum Gasteiger partial charge on any atom is -0.267 e. The highest BCUT2D eigenvalue weighted by molar-refractivity contribution is 6.15. The van der Waals surface area contributed by atoms with Gasteiger partial charge in [-0.2, -0.15) is 0 Å². The van der Waals surface area contributed by atoms with Crippen LogP contribution in [-0.4, -0.2) is 11.6 Å². The molecule has 1 fully saturated rings. The molecular formula is C10H11NO. The van der Waals surface area contributed by atoms with E-state index in [4.69, 9.17) is 0 Å². The number of rotatable bonds is 0. The van der Waals surface area contributed by atoms with Crippen LogP contribution in [0.4, 0.5) is 0 Å². The summed E-state index contributed by atoms with van der Waals surface area (Å²) in [5.41, 5.74) is 2.76. The fourth-order valence-electron chi connectivity index (χ4n) is 1.66. The molecule has 1 heterocycles. The van der Waals surface area contributed by atoms with Gasteiger partial charge in [-0.15, -0.1) is 0 Å². The van der Waals surface area contributed by atoms with Crippen LogP contribution in [0.25, 0.3) is 0 Å². The van der Waals surface area contributed by atoms with Gasteiger partial charge in [0.25, 0.3) is 5.91 Å². The number of hydrogen-bond acceptors (Lipinski definition) is 1. The molecule has 0 saturated heterocycles. The predicted octanol–water partition coefficient (Wildman–Crippen LogP) is 2.02. The van der Waals surface area contributed by atoms with Crippen molar-refractivity contribution in [1.82, 2.24) is 0 Å². The first kappa shape index (κ1) is 7.47. The molecule has 2 rings (SSSR count). The first-order valence-electron chi connectivity index (χ1n) is 4.29. The number of carbonyl (C=O) groups is 1. The van der Waals surface area contributed by atoms with Gasteiger partial charge in [0, 0.05) is 11.3 Å². The number of nitrogens with zero attached hydrogens (tertiary/aromatic N) is 1. The molecule has 0 aromatic rings. The van der Waals surface area contributed by atoms with Crippen molar-refractivity contribution in [2.45, 2.75) is 25.7 Å². The second kappa shape index (κ2) is 2.70. The standard InChI is InChI=1S/C10H11NO/c1-7-6-8-4-2-3-5-9(8)11-10(7)12/h6H,1-5H2. The molecule has 1 aliphatic heterocycles. The Balaban J connectivity index is 2.35. The molecule has 62 valence electrons. The van der Waals surface area contributed by atoms with Crippen LogP contribution in [0.5, 0.6) is 0 Å². The zero-order chi connectivity index (χ0) is 8.55. The van der Waals surface area contributed by atoms with E-state index in [0.717, 1.165) is 25.0 Å². The Kier molecular flexibility index (Phi) is 1.68. The number of amides is 1. The van der Waals surface area contributed by atoms with Gasteiger partial charge >= 0.3 is 0 Å². The van der Waals surface area contributed by atoms with Gasteiger partial charge in [0.2, 0.25) is 0 Å². The number of carbonyl (C=O) groups excluding carboxylic acids is 1. The lowest BCUT2D eigenvalue weighted by Gasteiger charge is -2.19. The summed E-state index contributed by atoms with van der Waals surface area (Å²) in [7, 11) is 0. The van der Waals surface area contributed by atoms with Crippen LogP contribution in [0.3, 0.4) is 0 Å². The quantitative estimate of drug-likeness (QED) is 0.500. The molecule has 0 spiro atoms. The van der Waals surface area contributed by atoms with E-state index in [0.29, 0.717) is 5.57 Å². The summed E-state index contributed by atoms with van der Waals surface area (Å²) in [6.45, 7) is 3.65. The van der Waals surface area contributed by atoms with Crippen molar-refractivity contribution < 1.29 is 4.79 Å². The topological polar surface area (TPSA) is 29.4 Å². The van der Waals surface area contributed by atoms with Gasteiger partial charge in [0.15, 0.2) is 0 Å². The Labute approximate surface area is 71.7 Å². The molecule has 0 radical (unpaired) electrons. The minimum absolute atomic E-state index is 0.157. The van der Waals surface area contributed by atoms with Gasteiger partial charge in [0.05, 0.1) is 0 Å². The van der Waals surface area contributed by atoms with Gasteiger partial charge in [-0.1, -0.05) is 6.58 Å². The monoisotopic (exact) mass is 161 g/mol. The Bertz CT molecular complexity index is 278. The molecule has 12 heavy (non-hydrogen) atoms. The van der Waals surface area contributed by atoms with Crippen LogP contribution in [0.1, 0.15) is 25.7 Å². The Morgan fingerprint density at radius 1 is 1.33 bits per heavy atom. The molecule has 2 aliphatic rings. The summed E-state index contributed by atoms with van der Waals surface area (Å²) in [5.74, 6) is -0.157. The van der Waals surface area contributed by atoms with E-state index in [9.17, 15) is 4.79 Å². The van der Waals surface area contributed by atoms with Gasteiger partial charge in [0.1, 0.15) is 0 Å². The number of dihydropyridines is 1. The molecule has 0 aromatic heterocycles. The normalized spacial score (nSPS) is 23.0. The zero-order valence-corrected chi connectivity index (χ0v) is 6.97. The summed E-state index contributed by atoms with van der Waals surface area (Å²) in [6, 6.07) is 0. The van der Waals surface area contributed by atoms with Gasteiger partial charge < -0.3 is 0 Å². The van der Waals surface area contributed by atoms with Crippen LogP contribution < -0.4 is 0 Å². The van der Waals surface area contributed by atoms with Crippen molar-refractivity contribution in [3.8, 4) is 0 Å². The van der Waals surface area contributed by atoms with Crippen LogP contribution in [-0.2, 0) is 4.79 Å². The second-order valence-electron chi connectivity index (χ2n) is 3.27. The molecule has 1 aliphatic carbocycles. The van der Waals surface area contributed by atoms with Crippen molar-refractivity contribution in [3.63, 3.8) is 0 Å². The molecule has 2 nitrogen and oxygen atoms in total. The largest absolute Gasteiger partial charge is 0.276 e. The van der Waals surface area contributed by atoms with E-state index < -0.39 is 0 Å². The minimum atomic E-state index is -0.157. The van der Waals surface area contributed by atoms with Gasteiger partial charge in [-0.25, -0.2) is 4.99 Å². The summed E-state index contributed by atoms with van der Waals surface area (Å²) in [6.07, 6.45) is 6.29. The third-order valence-corrected chi connectivity index (χ3v) is 2.34. The molecule has 0 atom stereocenters. The number of fused-ring (bicyclic) bond motifs is 1. The van der Waals surface area contributed by atoms with Crippen LogP contribution in [0.15, 0.2) is 28.8 Å². The lowest BCUT2D eigenvalue weighted by molar-refractivity contribution is -0.114. The van der Waals surface area contributed by atoms with Gasteiger partial charge in [-0.05, 0) is 37.3 Å². The zero-order valence-electron chi connectivity index (χ0n) is 6.97. The maximum absolute atomic E-state index is 11.1. The van der Waals surface area contributed by atoms with Crippen molar-refractivity contribution in [2.75, 3.05) is 0 Å². The van der Waals surface area contributed by atoms with Crippen molar-refractivity contribution in [3.05, 3.63) is 23.8 Å². The summed E-state index contributed by atoms with van der Waals surface area (Å²) < 4.78 is 0. The SMILES string of the molecule is C=C1C=C2CCCCC2=NC1=O. The van der Waals surface area contributed by atoms with E-state index in [1.807, 2.05) is 6.08 Å². The van der Waals surface area contributed by atoms with Gasteiger partial charge in [-0.3, -0.25) is 4.79 Å². The Morgan fingerprint density at radius 2 is 2.08 bits per heavy atom. The smallest absolute Gasteiger partial charge is 0.267 e. The summed E-state index contributed by atoms with van der Waals surface area (Å²) in [5, 5.41) is 0. The average molecular weight is 161 g/mol. The van der Waals surface area contributed by atoms with Crippen LogP contribution in [0, 0.1) is 0 Å². The lowest BCUT2D eigenvalue weighted by atomic mass is 9.89. The average Bonchev–Trinajstić information content (AvgIpc) is 2.07. The third-order valence-electron chi connectivity index (χ3n) is 2.34. The van der Waals surface area contributed by atoms with Crippen molar-refractivity contribution in [2.24, 2.45) is 4.99 Å². The van der Waals surface area contributed by atoms with E-state index in [1.54, 1.807) is 0 Å². The van der Waals surface area contributed by atoms with Crippen molar-refractivity contribution >= 4 is 11.6 Å². The molecule has 0 N–H and O–H groups in total. The first-order chi connectivity index (χ1) is 5.77. The van der Waals surface area contributed by atoms with E-state index in [-0.39, 0.29) is 5.91 Å². The number of allylic oxidation sites excluding steroid dienone is 1. The van der Waals surface area contributed by atoms with Crippen molar-refractivity contribution in [1.29, 1.82) is 0 Å². The molecule has 2 heteroatoms. The molecule has 0 aromatic carbocycles. The molecule has 0 bridgehead atoms. The molecule has 1 amide bonds. The first-order valence-corrected chi connectivity index (χ1v) is 4.29. The highest BCUT2D eigenvalue weighted by Gasteiger charge is 2.19. The van der Waals surface area contributed by atoms with Crippen LogP contribution in [0.2, 0.25) is 0 Å².